The van der Waals surface area contributed by atoms with E-state index in [1.807, 2.05) is 19.9 Å². The number of ether oxygens (including phenoxy) is 2. The van der Waals surface area contributed by atoms with E-state index in [0.29, 0.717) is 23.7 Å². The van der Waals surface area contributed by atoms with Gasteiger partial charge in [-0.05, 0) is 32.4 Å². The Morgan fingerprint density at radius 3 is 3.09 bits per heavy atom. The van der Waals surface area contributed by atoms with Crippen LogP contribution in [0.25, 0.3) is 11.3 Å². The van der Waals surface area contributed by atoms with Gasteiger partial charge in [-0.1, -0.05) is 0 Å². The average Bonchev–Trinajstić information content (AvgIpc) is 2.86. The lowest BCUT2D eigenvalue weighted by Gasteiger charge is -2.21. The topological polar surface area (TPSA) is 66.2 Å². The van der Waals surface area contributed by atoms with Gasteiger partial charge in [0.25, 0.3) is 0 Å². The SMILES string of the molecule is CCOC(=O)c1c(-c2ccncc2C)nn2c1O[C@H](C)CC2. The van der Waals surface area contributed by atoms with E-state index >= 15 is 0 Å². The first-order valence-electron chi connectivity index (χ1n) is 7.47. The number of rotatable bonds is 3. The zero-order valence-corrected chi connectivity index (χ0v) is 13.0. The average molecular weight is 301 g/mol. The van der Waals surface area contributed by atoms with Crippen LogP contribution in [0.3, 0.4) is 0 Å². The van der Waals surface area contributed by atoms with Crippen molar-refractivity contribution in [3.05, 3.63) is 29.6 Å². The first-order valence-corrected chi connectivity index (χ1v) is 7.47. The van der Waals surface area contributed by atoms with E-state index in [9.17, 15) is 4.79 Å². The second-order valence-corrected chi connectivity index (χ2v) is 5.38. The summed E-state index contributed by atoms with van der Waals surface area (Å²) in [6.07, 6.45) is 4.38. The number of esters is 1. The van der Waals surface area contributed by atoms with Crippen molar-refractivity contribution in [2.45, 2.75) is 39.8 Å². The predicted octanol–water partition coefficient (Wildman–Crippen LogP) is 2.60. The van der Waals surface area contributed by atoms with Crippen molar-refractivity contribution in [3.8, 4) is 17.1 Å². The molecule has 0 amide bonds. The van der Waals surface area contributed by atoms with Gasteiger partial charge in [-0.25, -0.2) is 9.48 Å². The van der Waals surface area contributed by atoms with Crippen LogP contribution in [0, 0.1) is 6.92 Å². The summed E-state index contributed by atoms with van der Waals surface area (Å²) >= 11 is 0. The number of hydrogen-bond donors (Lipinski definition) is 0. The highest BCUT2D eigenvalue weighted by Gasteiger charge is 2.31. The minimum Gasteiger partial charge on any atom is -0.474 e. The number of nitrogens with zero attached hydrogens (tertiary/aromatic N) is 3. The summed E-state index contributed by atoms with van der Waals surface area (Å²) in [5, 5.41) is 4.58. The Bertz CT molecular complexity index is 709. The van der Waals surface area contributed by atoms with Crippen LogP contribution in [0.5, 0.6) is 5.88 Å². The molecule has 0 saturated heterocycles. The molecule has 6 heteroatoms. The lowest BCUT2D eigenvalue weighted by molar-refractivity contribution is 0.0515. The summed E-state index contributed by atoms with van der Waals surface area (Å²) in [7, 11) is 0. The third-order valence-corrected chi connectivity index (χ3v) is 3.72. The zero-order chi connectivity index (χ0) is 15.7. The van der Waals surface area contributed by atoms with Gasteiger partial charge in [0.15, 0.2) is 0 Å². The van der Waals surface area contributed by atoms with Crippen molar-refractivity contribution in [2.75, 3.05) is 6.61 Å². The van der Waals surface area contributed by atoms with Gasteiger partial charge in [-0.3, -0.25) is 4.98 Å². The van der Waals surface area contributed by atoms with Crippen LogP contribution in [0.2, 0.25) is 0 Å². The molecule has 2 aromatic rings. The molecular weight excluding hydrogens is 282 g/mol. The van der Waals surface area contributed by atoms with E-state index in [4.69, 9.17) is 9.47 Å². The Morgan fingerprint density at radius 1 is 1.55 bits per heavy atom. The highest BCUT2D eigenvalue weighted by Crippen LogP contribution is 2.35. The molecule has 0 unspecified atom stereocenters. The van der Waals surface area contributed by atoms with Crippen LogP contribution in [-0.2, 0) is 11.3 Å². The molecule has 0 aliphatic carbocycles. The first kappa shape index (κ1) is 14.6. The number of aromatic nitrogens is 3. The normalized spacial score (nSPS) is 16.8. The monoisotopic (exact) mass is 301 g/mol. The van der Waals surface area contributed by atoms with E-state index in [1.54, 1.807) is 24.0 Å². The van der Waals surface area contributed by atoms with E-state index in [1.165, 1.54) is 0 Å². The third-order valence-electron chi connectivity index (χ3n) is 3.72. The van der Waals surface area contributed by atoms with Gasteiger partial charge in [0.1, 0.15) is 11.3 Å². The molecule has 0 radical (unpaired) electrons. The van der Waals surface area contributed by atoms with Crippen molar-refractivity contribution in [2.24, 2.45) is 0 Å². The van der Waals surface area contributed by atoms with Gasteiger partial charge in [0, 0.05) is 30.9 Å². The maximum Gasteiger partial charge on any atom is 0.345 e. The molecule has 1 aliphatic rings. The van der Waals surface area contributed by atoms with E-state index in [-0.39, 0.29) is 6.10 Å². The Morgan fingerprint density at radius 2 is 2.36 bits per heavy atom. The second-order valence-electron chi connectivity index (χ2n) is 5.38. The fourth-order valence-corrected chi connectivity index (χ4v) is 2.59. The first-order chi connectivity index (χ1) is 10.6. The summed E-state index contributed by atoms with van der Waals surface area (Å²) in [4.78, 5) is 16.5. The maximum atomic E-state index is 12.4. The molecule has 2 aromatic heterocycles. The van der Waals surface area contributed by atoms with Crippen LogP contribution in [0.1, 0.15) is 36.2 Å². The van der Waals surface area contributed by atoms with E-state index in [0.717, 1.165) is 24.1 Å². The van der Waals surface area contributed by atoms with Crippen LogP contribution >= 0.6 is 0 Å². The maximum absolute atomic E-state index is 12.4. The van der Waals surface area contributed by atoms with Gasteiger partial charge in [-0.2, -0.15) is 5.10 Å². The minimum absolute atomic E-state index is 0.0590. The lowest BCUT2D eigenvalue weighted by Crippen LogP contribution is -2.24. The molecule has 0 spiro atoms. The molecule has 6 nitrogen and oxygen atoms in total. The molecule has 3 heterocycles. The van der Waals surface area contributed by atoms with Crippen molar-refractivity contribution in [1.82, 2.24) is 14.8 Å². The summed E-state index contributed by atoms with van der Waals surface area (Å²) in [5.41, 5.74) is 2.83. The molecular formula is C16H19N3O3. The standard InChI is InChI=1S/C16H19N3O3/c1-4-21-16(20)13-14(12-5-7-17-9-10(12)2)18-19-8-6-11(3)22-15(13)19/h5,7,9,11H,4,6,8H2,1-3H3/t11-/m1/s1. The number of pyridine rings is 1. The molecule has 22 heavy (non-hydrogen) atoms. The quantitative estimate of drug-likeness (QED) is 0.815. The molecule has 1 aliphatic heterocycles. The fraction of sp³-hybridized carbons (Fsp3) is 0.438. The Labute approximate surface area is 129 Å². The van der Waals surface area contributed by atoms with E-state index < -0.39 is 5.97 Å². The molecule has 0 saturated carbocycles. The third kappa shape index (κ3) is 2.45. The Hall–Kier alpha value is -2.37. The lowest BCUT2D eigenvalue weighted by atomic mass is 10.0. The molecule has 0 bridgehead atoms. The second kappa shape index (κ2) is 5.79. The molecule has 0 fully saturated rings. The van der Waals surface area contributed by atoms with Crippen LogP contribution in [0.15, 0.2) is 18.5 Å². The number of carbonyl (C=O) groups excluding carboxylic acids is 1. The number of fused-ring (bicyclic) bond motifs is 1. The molecule has 1 atom stereocenters. The number of aryl methyl sites for hydroxylation is 2. The highest BCUT2D eigenvalue weighted by atomic mass is 16.5. The van der Waals surface area contributed by atoms with E-state index in [2.05, 4.69) is 10.1 Å². The number of carbonyl (C=O) groups is 1. The Kier molecular flexibility index (Phi) is 3.83. The molecule has 0 N–H and O–H groups in total. The molecule has 3 rings (SSSR count). The fourth-order valence-electron chi connectivity index (χ4n) is 2.59. The smallest absolute Gasteiger partial charge is 0.345 e. The minimum atomic E-state index is -0.399. The molecule has 0 aromatic carbocycles. The largest absolute Gasteiger partial charge is 0.474 e. The van der Waals surface area contributed by atoms with Gasteiger partial charge in [0.2, 0.25) is 5.88 Å². The summed E-state index contributed by atoms with van der Waals surface area (Å²) < 4.78 is 12.8. The summed E-state index contributed by atoms with van der Waals surface area (Å²) in [6, 6.07) is 1.86. The highest BCUT2D eigenvalue weighted by molar-refractivity contribution is 5.99. The summed E-state index contributed by atoms with van der Waals surface area (Å²) in [6.45, 7) is 6.76. The van der Waals surface area contributed by atoms with Crippen LogP contribution in [0.4, 0.5) is 0 Å². The van der Waals surface area contributed by atoms with Gasteiger partial charge < -0.3 is 9.47 Å². The molecule has 116 valence electrons. The van der Waals surface area contributed by atoms with Crippen molar-refractivity contribution < 1.29 is 14.3 Å². The van der Waals surface area contributed by atoms with Crippen molar-refractivity contribution >= 4 is 5.97 Å². The Balaban J connectivity index is 2.17. The van der Waals surface area contributed by atoms with Crippen molar-refractivity contribution in [3.63, 3.8) is 0 Å². The van der Waals surface area contributed by atoms with Gasteiger partial charge in [-0.15, -0.1) is 0 Å². The number of hydrogen-bond acceptors (Lipinski definition) is 5. The zero-order valence-electron chi connectivity index (χ0n) is 13.0. The van der Waals surface area contributed by atoms with Gasteiger partial charge in [0.05, 0.1) is 12.7 Å². The van der Waals surface area contributed by atoms with Crippen molar-refractivity contribution in [1.29, 1.82) is 0 Å². The van der Waals surface area contributed by atoms with Gasteiger partial charge >= 0.3 is 5.97 Å². The van der Waals surface area contributed by atoms with Crippen LogP contribution in [-0.4, -0.2) is 33.4 Å². The summed E-state index contributed by atoms with van der Waals surface area (Å²) in [5.74, 6) is 0.104. The van der Waals surface area contributed by atoms with Crippen LogP contribution < -0.4 is 4.74 Å². The predicted molar refractivity (Wildman–Crippen MR) is 80.9 cm³/mol.